The van der Waals surface area contributed by atoms with Gasteiger partial charge in [0.05, 0.1) is 24.5 Å². The summed E-state index contributed by atoms with van der Waals surface area (Å²) in [5.41, 5.74) is 0. The summed E-state index contributed by atoms with van der Waals surface area (Å²) in [6.45, 7) is 0. The van der Waals surface area contributed by atoms with Crippen molar-refractivity contribution in [3.63, 3.8) is 0 Å². The zero-order valence-corrected chi connectivity index (χ0v) is 10.8. The molecule has 2 unspecified atom stereocenters. The first-order valence-electron chi connectivity index (χ1n) is 6.05. The van der Waals surface area contributed by atoms with Crippen molar-refractivity contribution >= 4 is 15.8 Å². The first-order valence-corrected chi connectivity index (χ1v) is 7.77. The van der Waals surface area contributed by atoms with Crippen LogP contribution in [0.4, 0.5) is 0 Å². The molecule has 5 nitrogen and oxygen atoms in total. The summed E-state index contributed by atoms with van der Waals surface area (Å²) < 4.78 is 28.7. The molecule has 2 aliphatic rings. The fourth-order valence-corrected chi connectivity index (χ4v) is 4.63. The summed E-state index contributed by atoms with van der Waals surface area (Å²) in [7, 11) is -1.88. The van der Waals surface area contributed by atoms with Crippen LogP contribution < -0.4 is 5.32 Å². The summed E-state index contributed by atoms with van der Waals surface area (Å²) in [5.74, 6) is -0.533. The summed E-state index contributed by atoms with van der Waals surface area (Å²) in [6, 6.07) is 0.707. The average Bonchev–Trinajstić information content (AvgIpc) is 2.65. The van der Waals surface area contributed by atoms with Crippen molar-refractivity contribution in [3.8, 4) is 0 Å². The SMILES string of the molecule is COC(=O)CCS(=O)(=O)C1CC2CCC(C1)N2. The first-order chi connectivity index (χ1) is 8.01. The van der Waals surface area contributed by atoms with Gasteiger partial charge in [-0.15, -0.1) is 0 Å². The highest BCUT2D eigenvalue weighted by molar-refractivity contribution is 7.92. The Morgan fingerprint density at radius 1 is 1.29 bits per heavy atom. The minimum atomic E-state index is -3.16. The Bertz CT molecular complexity index is 380. The van der Waals surface area contributed by atoms with Crippen molar-refractivity contribution in [2.24, 2.45) is 0 Å². The van der Waals surface area contributed by atoms with E-state index in [-0.39, 0.29) is 17.4 Å². The molecular weight excluding hydrogens is 242 g/mol. The molecule has 1 N–H and O–H groups in total. The highest BCUT2D eigenvalue weighted by atomic mass is 32.2. The number of fused-ring (bicyclic) bond motifs is 2. The minimum absolute atomic E-state index is 0.0297. The van der Waals surface area contributed by atoms with E-state index in [4.69, 9.17) is 0 Å². The third-order valence-corrected chi connectivity index (χ3v) is 5.93. The standard InChI is InChI=1S/C11H19NO4S/c1-16-11(13)4-5-17(14,15)10-6-8-2-3-9(7-10)12-8/h8-10,12H,2-7H2,1H3. The third kappa shape index (κ3) is 2.98. The molecule has 2 saturated heterocycles. The van der Waals surface area contributed by atoms with E-state index in [2.05, 4.69) is 10.1 Å². The quantitative estimate of drug-likeness (QED) is 0.734. The molecule has 0 aromatic rings. The molecule has 2 fully saturated rings. The van der Waals surface area contributed by atoms with Gasteiger partial charge >= 0.3 is 5.97 Å². The normalized spacial score (nSPS) is 32.4. The van der Waals surface area contributed by atoms with Gasteiger partial charge < -0.3 is 10.1 Å². The van der Waals surface area contributed by atoms with Crippen molar-refractivity contribution in [1.29, 1.82) is 0 Å². The molecule has 0 aromatic heterocycles. The fraction of sp³-hybridized carbons (Fsp3) is 0.909. The van der Waals surface area contributed by atoms with Gasteiger partial charge in [0.15, 0.2) is 9.84 Å². The van der Waals surface area contributed by atoms with Crippen LogP contribution in [-0.2, 0) is 19.4 Å². The van der Waals surface area contributed by atoms with Crippen molar-refractivity contribution in [2.75, 3.05) is 12.9 Å². The lowest BCUT2D eigenvalue weighted by Crippen LogP contribution is -2.44. The molecule has 2 bridgehead atoms. The average molecular weight is 261 g/mol. The van der Waals surface area contributed by atoms with Crippen LogP contribution in [0.1, 0.15) is 32.1 Å². The molecule has 98 valence electrons. The number of hydrogen-bond donors (Lipinski definition) is 1. The smallest absolute Gasteiger partial charge is 0.306 e. The maximum absolute atomic E-state index is 12.1. The molecule has 0 aromatic carbocycles. The minimum Gasteiger partial charge on any atom is -0.469 e. The molecule has 6 heteroatoms. The Morgan fingerprint density at radius 2 is 1.88 bits per heavy atom. The molecule has 0 radical (unpaired) electrons. The van der Waals surface area contributed by atoms with Crippen LogP contribution in [0.5, 0.6) is 0 Å². The zero-order chi connectivity index (χ0) is 12.5. The van der Waals surface area contributed by atoms with Gasteiger partial charge in [-0.1, -0.05) is 0 Å². The number of methoxy groups -OCH3 is 1. The number of rotatable bonds is 4. The first kappa shape index (κ1) is 12.8. The molecule has 0 saturated carbocycles. The van der Waals surface area contributed by atoms with E-state index < -0.39 is 15.8 Å². The number of sulfone groups is 1. The molecule has 2 atom stereocenters. The topological polar surface area (TPSA) is 72.5 Å². The molecule has 0 spiro atoms. The van der Waals surface area contributed by atoms with Gasteiger partial charge in [-0.05, 0) is 25.7 Å². The number of nitrogens with one attached hydrogen (secondary N) is 1. The second-order valence-corrected chi connectivity index (χ2v) is 7.33. The van der Waals surface area contributed by atoms with Crippen molar-refractivity contribution < 1.29 is 17.9 Å². The van der Waals surface area contributed by atoms with Crippen molar-refractivity contribution in [1.82, 2.24) is 5.32 Å². The highest BCUT2D eigenvalue weighted by Gasteiger charge is 2.39. The van der Waals surface area contributed by atoms with Crippen LogP contribution in [0.25, 0.3) is 0 Å². The van der Waals surface area contributed by atoms with E-state index in [0.29, 0.717) is 24.9 Å². The molecule has 2 heterocycles. The highest BCUT2D eigenvalue weighted by Crippen LogP contribution is 2.31. The summed E-state index contributed by atoms with van der Waals surface area (Å²) in [4.78, 5) is 11.0. The number of carbonyl (C=O) groups is 1. The predicted octanol–water partition coefficient (Wildman–Crippen LogP) is 0.247. The molecule has 2 rings (SSSR count). The van der Waals surface area contributed by atoms with Gasteiger partial charge in [0.25, 0.3) is 0 Å². The number of hydrogen-bond acceptors (Lipinski definition) is 5. The summed E-state index contributed by atoms with van der Waals surface area (Å²) >= 11 is 0. The van der Waals surface area contributed by atoms with Crippen molar-refractivity contribution in [3.05, 3.63) is 0 Å². The number of esters is 1. The lowest BCUT2D eigenvalue weighted by Gasteiger charge is -2.28. The number of piperidine rings is 1. The van der Waals surface area contributed by atoms with E-state index >= 15 is 0 Å². The lowest BCUT2D eigenvalue weighted by molar-refractivity contribution is -0.140. The zero-order valence-electron chi connectivity index (χ0n) is 10.0. The van der Waals surface area contributed by atoms with Crippen LogP contribution >= 0.6 is 0 Å². The molecule has 17 heavy (non-hydrogen) atoms. The number of carbonyl (C=O) groups excluding carboxylic acids is 1. The second kappa shape index (κ2) is 4.94. The van der Waals surface area contributed by atoms with Crippen LogP contribution in [0.3, 0.4) is 0 Å². The van der Waals surface area contributed by atoms with Gasteiger partial charge in [-0.2, -0.15) is 0 Å². The van der Waals surface area contributed by atoms with Gasteiger partial charge in [0, 0.05) is 12.1 Å². The number of ether oxygens (including phenoxy) is 1. The largest absolute Gasteiger partial charge is 0.469 e. The van der Waals surface area contributed by atoms with Gasteiger partial charge in [-0.25, -0.2) is 8.42 Å². The fourth-order valence-electron chi connectivity index (χ4n) is 2.79. The van der Waals surface area contributed by atoms with E-state index in [1.165, 1.54) is 7.11 Å². The van der Waals surface area contributed by atoms with Gasteiger partial charge in [0.1, 0.15) is 0 Å². The van der Waals surface area contributed by atoms with E-state index in [9.17, 15) is 13.2 Å². The Labute approximate surface area is 102 Å². The summed E-state index contributed by atoms with van der Waals surface area (Å²) in [6.07, 6.45) is 3.51. The monoisotopic (exact) mass is 261 g/mol. The van der Waals surface area contributed by atoms with Crippen LogP contribution in [-0.4, -0.2) is 44.6 Å². The predicted molar refractivity (Wildman–Crippen MR) is 63.4 cm³/mol. The maximum atomic E-state index is 12.1. The van der Waals surface area contributed by atoms with E-state index in [1.54, 1.807) is 0 Å². The molecular formula is C11H19NO4S. The van der Waals surface area contributed by atoms with Gasteiger partial charge in [0.2, 0.25) is 0 Å². The Balaban J connectivity index is 1.94. The molecule has 0 aliphatic carbocycles. The van der Waals surface area contributed by atoms with Crippen molar-refractivity contribution in [2.45, 2.75) is 49.4 Å². The van der Waals surface area contributed by atoms with E-state index in [0.717, 1.165) is 12.8 Å². The second-order valence-electron chi connectivity index (χ2n) is 4.92. The summed E-state index contributed by atoms with van der Waals surface area (Å²) in [5, 5.41) is 3.14. The van der Waals surface area contributed by atoms with Crippen LogP contribution in [0.2, 0.25) is 0 Å². The Morgan fingerprint density at radius 3 is 2.41 bits per heavy atom. The Kier molecular flexibility index (Phi) is 3.73. The lowest BCUT2D eigenvalue weighted by atomic mass is 10.1. The Hall–Kier alpha value is -0.620. The van der Waals surface area contributed by atoms with Crippen LogP contribution in [0.15, 0.2) is 0 Å². The molecule has 0 amide bonds. The van der Waals surface area contributed by atoms with E-state index in [1.807, 2.05) is 0 Å². The third-order valence-electron chi connectivity index (χ3n) is 3.76. The maximum Gasteiger partial charge on any atom is 0.306 e. The molecule has 2 aliphatic heterocycles. The van der Waals surface area contributed by atoms with Gasteiger partial charge in [-0.3, -0.25) is 4.79 Å². The van der Waals surface area contributed by atoms with Crippen LogP contribution in [0, 0.1) is 0 Å².